The number of sulfonamides is 1. The summed E-state index contributed by atoms with van der Waals surface area (Å²) in [5.74, 6) is 0.118. The number of hydrogen-bond acceptors (Lipinski definition) is 5. The lowest BCUT2D eigenvalue weighted by atomic mass is 9.93. The quantitative estimate of drug-likeness (QED) is 0.386. The maximum Gasteiger partial charge on any atom is 0.261 e. The summed E-state index contributed by atoms with van der Waals surface area (Å²) in [6.07, 6.45) is 0.869. The normalized spacial score (nSPS) is 15.6. The Morgan fingerprint density at radius 1 is 0.972 bits per heavy atom. The summed E-state index contributed by atoms with van der Waals surface area (Å²) in [6, 6.07) is 19.1. The number of nitrogens with zero attached hydrogens (tertiary/aromatic N) is 1. The summed E-state index contributed by atoms with van der Waals surface area (Å²) >= 11 is 0. The van der Waals surface area contributed by atoms with Gasteiger partial charge >= 0.3 is 0 Å². The number of fused-ring (bicyclic) bond motifs is 1. The first kappa shape index (κ1) is 28.1. The molecule has 1 heterocycles. The first-order valence-corrected chi connectivity index (χ1v) is 13.3. The van der Waals surface area contributed by atoms with Crippen LogP contribution in [-0.4, -0.2) is 47.0 Å². The molecule has 0 saturated heterocycles. The van der Waals surface area contributed by atoms with Crippen LogP contribution < -0.4 is 15.4 Å². The highest BCUT2D eigenvalue weighted by Crippen LogP contribution is 2.27. The van der Waals surface area contributed by atoms with Gasteiger partial charge in [-0.25, -0.2) is 12.8 Å². The van der Waals surface area contributed by atoms with Crippen LogP contribution in [0.1, 0.15) is 28.2 Å². The molecule has 0 radical (unpaired) electrons. The summed E-state index contributed by atoms with van der Waals surface area (Å²) in [5, 5.41) is 6.78. The summed E-state index contributed by atoms with van der Waals surface area (Å²) < 4.78 is 41.8. The zero-order chi connectivity index (χ0) is 24.8. The SMILES string of the molecule is CN(C)CC1CNCCc2cc(NS(=O)(=O)c3ccc(CNCc4ccc(F)cc4)cc3)ccc21.Cl. The number of anilines is 1. The minimum absolute atomic E-state index is 0. The van der Waals surface area contributed by atoms with E-state index in [9.17, 15) is 12.8 Å². The molecule has 0 spiro atoms. The van der Waals surface area contributed by atoms with Gasteiger partial charge in [-0.15, -0.1) is 12.4 Å². The van der Waals surface area contributed by atoms with E-state index in [1.807, 2.05) is 12.1 Å². The summed E-state index contributed by atoms with van der Waals surface area (Å²) in [6.45, 7) is 3.92. The topological polar surface area (TPSA) is 73.5 Å². The Labute approximate surface area is 219 Å². The molecule has 1 atom stereocenters. The van der Waals surface area contributed by atoms with Crippen molar-refractivity contribution < 1.29 is 12.8 Å². The van der Waals surface area contributed by atoms with Crippen LogP contribution in [0.5, 0.6) is 0 Å². The highest BCUT2D eigenvalue weighted by molar-refractivity contribution is 7.92. The van der Waals surface area contributed by atoms with Gasteiger partial charge in [0.1, 0.15) is 5.82 Å². The van der Waals surface area contributed by atoms with Gasteiger partial charge in [-0.1, -0.05) is 30.3 Å². The first-order chi connectivity index (χ1) is 16.8. The van der Waals surface area contributed by atoms with E-state index < -0.39 is 10.0 Å². The van der Waals surface area contributed by atoms with Crippen LogP contribution in [-0.2, 0) is 29.5 Å². The first-order valence-electron chi connectivity index (χ1n) is 11.9. The van der Waals surface area contributed by atoms with Crippen molar-refractivity contribution in [3.63, 3.8) is 0 Å². The van der Waals surface area contributed by atoms with Crippen LogP contribution in [0.4, 0.5) is 10.1 Å². The van der Waals surface area contributed by atoms with Crippen molar-refractivity contribution in [2.75, 3.05) is 38.5 Å². The molecule has 0 amide bonds. The zero-order valence-corrected chi connectivity index (χ0v) is 22.3. The number of benzene rings is 3. The molecule has 36 heavy (non-hydrogen) atoms. The van der Waals surface area contributed by atoms with Gasteiger partial charge in [0, 0.05) is 37.8 Å². The molecule has 3 N–H and O–H groups in total. The number of likely N-dealkylation sites (N-methyl/N-ethyl adjacent to an activating group) is 1. The van der Waals surface area contributed by atoms with Crippen molar-refractivity contribution in [1.82, 2.24) is 15.5 Å². The summed E-state index contributed by atoms with van der Waals surface area (Å²) in [7, 11) is 0.443. The van der Waals surface area contributed by atoms with E-state index in [4.69, 9.17) is 0 Å². The van der Waals surface area contributed by atoms with Crippen LogP contribution in [0.25, 0.3) is 0 Å². The van der Waals surface area contributed by atoms with Crippen LogP contribution in [0.3, 0.4) is 0 Å². The van der Waals surface area contributed by atoms with E-state index in [0.717, 1.165) is 37.2 Å². The van der Waals surface area contributed by atoms with Crippen molar-refractivity contribution in [2.24, 2.45) is 0 Å². The zero-order valence-electron chi connectivity index (χ0n) is 20.6. The van der Waals surface area contributed by atoms with E-state index >= 15 is 0 Å². The molecule has 0 aliphatic carbocycles. The predicted octanol–water partition coefficient (Wildman–Crippen LogP) is 4.13. The fourth-order valence-electron chi connectivity index (χ4n) is 4.45. The smallest absolute Gasteiger partial charge is 0.261 e. The van der Waals surface area contributed by atoms with Gasteiger partial charge in [0.15, 0.2) is 0 Å². The standard InChI is InChI=1S/C27H33FN4O2S.ClH/c1-32(2)19-23-18-29-14-13-22-15-25(9-12-27(22)23)31-35(33,34)26-10-5-21(6-11-26)17-30-16-20-3-7-24(28)8-4-20;/h3-12,15,23,29-31H,13-14,16-19H2,1-2H3;1H. The Hall–Kier alpha value is -2.49. The lowest BCUT2D eigenvalue weighted by Crippen LogP contribution is -2.28. The van der Waals surface area contributed by atoms with E-state index in [0.29, 0.717) is 24.7 Å². The summed E-state index contributed by atoms with van der Waals surface area (Å²) in [4.78, 5) is 2.40. The van der Waals surface area contributed by atoms with E-state index in [2.05, 4.69) is 40.4 Å². The molecule has 0 aromatic heterocycles. The fourth-order valence-corrected chi connectivity index (χ4v) is 5.50. The van der Waals surface area contributed by atoms with Gasteiger partial charge < -0.3 is 15.5 Å². The molecule has 1 aliphatic heterocycles. The highest BCUT2D eigenvalue weighted by Gasteiger charge is 2.21. The third-order valence-corrected chi connectivity index (χ3v) is 7.58. The number of hydrogen-bond donors (Lipinski definition) is 3. The molecule has 194 valence electrons. The molecule has 3 aromatic carbocycles. The Bertz CT molecular complexity index is 1240. The van der Waals surface area contributed by atoms with E-state index in [-0.39, 0.29) is 23.1 Å². The Morgan fingerprint density at radius 3 is 2.25 bits per heavy atom. The molecule has 0 saturated carbocycles. The third-order valence-electron chi connectivity index (χ3n) is 6.19. The van der Waals surface area contributed by atoms with E-state index in [1.165, 1.54) is 23.3 Å². The van der Waals surface area contributed by atoms with Crippen LogP contribution in [0.15, 0.2) is 71.6 Å². The summed E-state index contributed by atoms with van der Waals surface area (Å²) in [5.41, 5.74) is 5.00. The molecule has 3 aromatic rings. The van der Waals surface area contributed by atoms with Crippen molar-refractivity contribution in [2.45, 2.75) is 30.3 Å². The minimum Gasteiger partial charge on any atom is -0.316 e. The third kappa shape index (κ3) is 7.51. The second-order valence-corrected chi connectivity index (χ2v) is 11.0. The van der Waals surface area contributed by atoms with Crippen LogP contribution in [0.2, 0.25) is 0 Å². The van der Waals surface area contributed by atoms with Gasteiger partial charge in [-0.05, 0) is 85.7 Å². The predicted molar refractivity (Wildman–Crippen MR) is 146 cm³/mol. The molecule has 4 rings (SSSR count). The molecule has 0 bridgehead atoms. The van der Waals surface area contributed by atoms with Crippen LogP contribution in [0, 0.1) is 5.82 Å². The molecule has 1 aliphatic rings. The minimum atomic E-state index is -3.70. The van der Waals surface area contributed by atoms with Gasteiger partial charge in [0.25, 0.3) is 10.0 Å². The number of rotatable bonds is 9. The molecular weight excluding hydrogens is 499 g/mol. The second-order valence-electron chi connectivity index (χ2n) is 9.31. The van der Waals surface area contributed by atoms with Crippen molar-refractivity contribution in [1.29, 1.82) is 0 Å². The van der Waals surface area contributed by atoms with Gasteiger partial charge in [0.05, 0.1) is 4.90 Å². The lowest BCUT2D eigenvalue weighted by molar-refractivity contribution is 0.368. The Balaban J connectivity index is 0.00000361. The highest BCUT2D eigenvalue weighted by atomic mass is 35.5. The van der Waals surface area contributed by atoms with Crippen LogP contribution >= 0.6 is 12.4 Å². The number of halogens is 2. The molecule has 6 nitrogen and oxygen atoms in total. The largest absolute Gasteiger partial charge is 0.316 e. The molecule has 0 fully saturated rings. The van der Waals surface area contributed by atoms with Crippen molar-refractivity contribution in [3.05, 3.63) is 94.8 Å². The maximum atomic E-state index is 13.0. The Kier molecular flexibility index (Phi) is 9.87. The fraction of sp³-hybridized carbons (Fsp3) is 0.333. The Morgan fingerprint density at radius 2 is 1.61 bits per heavy atom. The second kappa shape index (κ2) is 12.7. The molecule has 9 heteroatoms. The average Bonchev–Trinajstić information content (AvgIpc) is 3.02. The van der Waals surface area contributed by atoms with Gasteiger partial charge in [-0.3, -0.25) is 4.72 Å². The monoisotopic (exact) mass is 532 g/mol. The maximum absolute atomic E-state index is 13.0. The van der Waals surface area contributed by atoms with Gasteiger partial charge in [-0.2, -0.15) is 0 Å². The average molecular weight is 533 g/mol. The molecule has 1 unspecified atom stereocenters. The van der Waals surface area contributed by atoms with Crippen molar-refractivity contribution >= 4 is 28.1 Å². The molecular formula is C27H34ClFN4O2S. The van der Waals surface area contributed by atoms with Crippen molar-refractivity contribution in [3.8, 4) is 0 Å². The number of nitrogens with one attached hydrogen (secondary N) is 3. The van der Waals surface area contributed by atoms with Gasteiger partial charge in [0.2, 0.25) is 0 Å². The van der Waals surface area contributed by atoms with E-state index in [1.54, 1.807) is 36.4 Å². The lowest BCUT2D eigenvalue weighted by Gasteiger charge is -2.22.